The van der Waals surface area contributed by atoms with Gasteiger partial charge >= 0.3 is 0 Å². The van der Waals surface area contributed by atoms with Gasteiger partial charge in [0, 0.05) is 16.7 Å². The molecule has 144 valence electrons. The molecule has 0 aromatic heterocycles. The van der Waals surface area contributed by atoms with Gasteiger partial charge in [0.2, 0.25) is 15.9 Å². The second-order valence-corrected chi connectivity index (χ2v) is 9.64. The first-order valence-electron chi connectivity index (χ1n) is 8.95. The number of nitrogens with one attached hydrogen (secondary N) is 1. The average Bonchev–Trinajstić information content (AvgIpc) is 2.65. The quantitative estimate of drug-likeness (QED) is 0.756. The SMILES string of the molecule is Cc1cccc(C)c1NC(=O)[C@@H]1CCCCN1S(=O)(=O)c1ccc(Br)cc1. The van der Waals surface area contributed by atoms with Gasteiger partial charge in [0.15, 0.2) is 0 Å². The molecule has 7 heteroatoms. The lowest BCUT2D eigenvalue weighted by Gasteiger charge is -2.34. The van der Waals surface area contributed by atoms with E-state index in [9.17, 15) is 13.2 Å². The lowest BCUT2D eigenvalue weighted by atomic mass is 10.0. The summed E-state index contributed by atoms with van der Waals surface area (Å²) in [6.45, 7) is 4.21. The standard InChI is InChI=1S/C20H23BrN2O3S/c1-14-6-5-7-15(2)19(14)22-20(24)18-8-3-4-13-23(18)27(25,26)17-11-9-16(21)10-12-17/h5-7,9-12,18H,3-4,8,13H2,1-2H3,(H,22,24)/t18-/m0/s1. The van der Waals surface area contributed by atoms with Crippen LogP contribution in [0.25, 0.3) is 0 Å². The van der Waals surface area contributed by atoms with Gasteiger partial charge in [-0.05, 0) is 62.1 Å². The highest BCUT2D eigenvalue weighted by Crippen LogP contribution is 2.28. The number of sulfonamides is 1. The van der Waals surface area contributed by atoms with Gasteiger partial charge in [-0.25, -0.2) is 8.42 Å². The predicted molar refractivity (Wildman–Crippen MR) is 110 cm³/mol. The summed E-state index contributed by atoms with van der Waals surface area (Å²) in [6.07, 6.45) is 2.10. The molecule has 2 aromatic rings. The molecule has 1 fully saturated rings. The first-order chi connectivity index (χ1) is 12.8. The molecular formula is C20H23BrN2O3S. The number of rotatable bonds is 4. The molecular weight excluding hydrogens is 428 g/mol. The molecule has 1 saturated heterocycles. The number of hydrogen-bond donors (Lipinski definition) is 1. The summed E-state index contributed by atoms with van der Waals surface area (Å²) < 4.78 is 28.4. The lowest BCUT2D eigenvalue weighted by molar-refractivity contribution is -0.120. The van der Waals surface area contributed by atoms with E-state index >= 15 is 0 Å². The number of halogens is 1. The topological polar surface area (TPSA) is 66.5 Å². The van der Waals surface area contributed by atoms with Crippen molar-refractivity contribution in [2.45, 2.75) is 44.0 Å². The smallest absolute Gasteiger partial charge is 0.243 e. The van der Waals surface area contributed by atoms with Crippen molar-refractivity contribution in [3.05, 3.63) is 58.1 Å². The number of carbonyl (C=O) groups excluding carboxylic acids is 1. The Morgan fingerprint density at radius 2 is 1.70 bits per heavy atom. The van der Waals surface area contributed by atoms with Crippen LogP contribution in [0.4, 0.5) is 5.69 Å². The number of amides is 1. The van der Waals surface area contributed by atoms with Gasteiger partial charge in [-0.2, -0.15) is 4.31 Å². The monoisotopic (exact) mass is 450 g/mol. The number of piperidine rings is 1. The van der Waals surface area contributed by atoms with Crippen LogP contribution in [-0.4, -0.2) is 31.2 Å². The maximum absolute atomic E-state index is 13.1. The third-order valence-electron chi connectivity index (χ3n) is 4.91. The summed E-state index contributed by atoms with van der Waals surface area (Å²) in [6, 6.07) is 11.6. The van der Waals surface area contributed by atoms with Crippen LogP contribution in [0, 0.1) is 13.8 Å². The van der Waals surface area contributed by atoms with Crippen molar-refractivity contribution in [1.29, 1.82) is 0 Å². The molecule has 2 aromatic carbocycles. The molecule has 1 N–H and O–H groups in total. The zero-order chi connectivity index (χ0) is 19.6. The molecule has 0 aliphatic carbocycles. The maximum atomic E-state index is 13.1. The fourth-order valence-corrected chi connectivity index (χ4v) is 5.34. The van der Waals surface area contributed by atoms with Crippen molar-refractivity contribution >= 4 is 37.5 Å². The predicted octanol–water partition coefficient (Wildman–Crippen LogP) is 4.25. The summed E-state index contributed by atoms with van der Waals surface area (Å²) in [7, 11) is -3.73. The van der Waals surface area contributed by atoms with Gasteiger partial charge in [0.25, 0.3) is 0 Å². The van der Waals surface area contributed by atoms with Crippen LogP contribution in [0.1, 0.15) is 30.4 Å². The van der Waals surface area contributed by atoms with Gasteiger partial charge in [-0.15, -0.1) is 0 Å². The Morgan fingerprint density at radius 3 is 2.33 bits per heavy atom. The molecule has 1 atom stereocenters. The van der Waals surface area contributed by atoms with E-state index in [4.69, 9.17) is 0 Å². The fourth-order valence-electron chi connectivity index (χ4n) is 3.41. The highest BCUT2D eigenvalue weighted by atomic mass is 79.9. The zero-order valence-corrected chi connectivity index (χ0v) is 17.8. The van der Waals surface area contributed by atoms with E-state index in [2.05, 4.69) is 21.2 Å². The molecule has 0 unspecified atom stereocenters. The van der Waals surface area contributed by atoms with Gasteiger partial charge in [-0.1, -0.05) is 40.5 Å². The molecule has 0 spiro atoms. The molecule has 0 saturated carbocycles. The molecule has 1 aliphatic rings. The molecule has 1 heterocycles. The fraction of sp³-hybridized carbons (Fsp3) is 0.350. The van der Waals surface area contributed by atoms with E-state index in [1.54, 1.807) is 24.3 Å². The van der Waals surface area contributed by atoms with E-state index in [0.717, 1.165) is 34.1 Å². The molecule has 0 radical (unpaired) electrons. The van der Waals surface area contributed by atoms with E-state index < -0.39 is 16.1 Å². The molecule has 0 bridgehead atoms. The normalized spacial score (nSPS) is 18.3. The first-order valence-corrected chi connectivity index (χ1v) is 11.2. The van der Waals surface area contributed by atoms with E-state index in [1.165, 1.54) is 4.31 Å². The molecule has 1 aliphatic heterocycles. The Labute approximate surface area is 169 Å². The molecule has 27 heavy (non-hydrogen) atoms. The third kappa shape index (κ3) is 4.25. The molecule has 5 nitrogen and oxygen atoms in total. The zero-order valence-electron chi connectivity index (χ0n) is 15.4. The Hall–Kier alpha value is -1.70. The highest BCUT2D eigenvalue weighted by Gasteiger charge is 2.37. The second-order valence-electron chi connectivity index (χ2n) is 6.84. The summed E-state index contributed by atoms with van der Waals surface area (Å²) in [4.78, 5) is 13.2. The van der Waals surface area contributed by atoms with Crippen molar-refractivity contribution in [1.82, 2.24) is 4.31 Å². The Bertz CT molecular complexity index is 922. The van der Waals surface area contributed by atoms with Crippen molar-refractivity contribution in [2.24, 2.45) is 0 Å². The van der Waals surface area contributed by atoms with Gasteiger partial charge < -0.3 is 5.32 Å². The van der Waals surface area contributed by atoms with Crippen LogP contribution in [0.2, 0.25) is 0 Å². The van der Waals surface area contributed by atoms with Crippen LogP contribution in [-0.2, 0) is 14.8 Å². The van der Waals surface area contributed by atoms with Gasteiger partial charge in [0.1, 0.15) is 6.04 Å². The maximum Gasteiger partial charge on any atom is 0.243 e. The van der Waals surface area contributed by atoms with Crippen molar-refractivity contribution in [3.63, 3.8) is 0 Å². The molecule has 3 rings (SSSR count). The number of carbonyl (C=O) groups is 1. The number of para-hydroxylation sites is 1. The van der Waals surface area contributed by atoms with Crippen molar-refractivity contribution in [2.75, 3.05) is 11.9 Å². The first kappa shape index (κ1) is 20.0. The summed E-state index contributed by atoms with van der Waals surface area (Å²) in [5, 5.41) is 2.96. The summed E-state index contributed by atoms with van der Waals surface area (Å²) in [5.74, 6) is -0.271. The number of nitrogens with zero attached hydrogens (tertiary/aromatic N) is 1. The minimum atomic E-state index is -3.73. The van der Waals surface area contributed by atoms with Gasteiger partial charge in [-0.3, -0.25) is 4.79 Å². The Kier molecular flexibility index (Phi) is 6.03. The van der Waals surface area contributed by atoms with Gasteiger partial charge in [0.05, 0.1) is 4.90 Å². The minimum Gasteiger partial charge on any atom is -0.324 e. The Morgan fingerprint density at radius 1 is 1.07 bits per heavy atom. The number of anilines is 1. The van der Waals surface area contributed by atoms with E-state index in [0.29, 0.717) is 13.0 Å². The lowest BCUT2D eigenvalue weighted by Crippen LogP contribution is -2.49. The number of hydrogen-bond acceptors (Lipinski definition) is 3. The highest BCUT2D eigenvalue weighted by molar-refractivity contribution is 9.10. The third-order valence-corrected chi connectivity index (χ3v) is 7.36. The van der Waals surface area contributed by atoms with Crippen molar-refractivity contribution < 1.29 is 13.2 Å². The largest absolute Gasteiger partial charge is 0.324 e. The summed E-state index contributed by atoms with van der Waals surface area (Å²) in [5.41, 5.74) is 2.68. The van der Waals surface area contributed by atoms with E-state index in [-0.39, 0.29) is 10.8 Å². The minimum absolute atomic E-state index is 0.206. The number of aryl methyl sites for hydroxylation is 2. The molecule has 1 amide bonds. The van der Waals surface area contributed by atoms with Crippen LogP contribution in [0.5, 0.6) is 0 Å². The van der Waals surface area contributed by atoms with E-state index in [1.807, 2.05) is 32.0 Å². The van der Waals surface area contributed by atoms with Crippen LogP contribution >= 0.6 is 15.9 Å². The van der Waals surface area contributed by atoms with Crippen LogP contribution < -0.4 is 5.32 Å². The summed E-state index contributed by atoms with van der Waals surface area (Å²) >= 11 is 3.32. The Balaban J connectivity index is 1.89. The second kappa shape index (κ2) is 8.12. The average molecular weight is 451 g/mol. The number of benzene rings is 2. The van der Waals surface area contributed by atoms with Crippen LogP contribution in [0.15, 0.2) is 51.8 Å². The van der Waals surface area contributed by atoms with Crippen molar-refractivity contribution in [3.8, 4) is 0 Å². The van der Waals surface area contributed by atoms with Crippen LogP contribution in [0.3, 0.4) is 0 Å².